The van der Waals surface area contributed by atoms with Crippen molar-refractivity contribution in [2.45, 2.75) is 45.7 Å². The number of esters is 1. The monoisotopic (exact) mass is 471 g/mol. The van der Waals surface area contributed by atoms with Crippen molar-refractivity contribution in [1.82, 2.24) is 9.88 Å². The number of nitrogens with zero attached hydrogens (tertiary/aromatic N) is 1. The predicted octanol–water partition coefficient (Wildman–Crippen LogP) is 5.63. The Morgan fingerprint density at radius 1 is 1.16 bits per heavy atom. The summed E-state index contributed by atoms with van der Waals surface area (Å²) >= 11 is 7.45. The van der Waals surface area contributed by atoms with Crippen LogP contribution in [0.5, 0.6) is 0 Å². The second kappa shape index (κ2) is 10.2. The number of amides is 2. The minimum absolute atomic E-state index is 0.305. The van der Waals surface area contributed by atoms with Gasteiger partial charge in [0.1, 0.15) is 5.00 Å². The highest BCUT2D eigenvalue weighted by molar-refractivity contribution is 7.17. The zero-order valence-electron chi connectivity index (χ0n) is 17.9. The van der Waals surface area contributed by atoms with Crippen LogP contribution in [-0.4, -0.2) is 23.2 Å². The smallest absolute Gasteiger partial charge is 0.341 e. The first kappa shape index (κ1) is 22.4. The summed E-state index contributed by atoms with van der Waals surface area (Å²) < 4.78 is 7.34. The minimum atomic E-state index is -0.362. The number of rotatable bonds is 7. The van der Waals surface area contributed by atoms with Crippen LogP contribution in [0.4, 0.5) is 9.80 Å². The zero-order valence-corrected chi connectivity index (χ0v) is 19.5. The fourth-order valence-electron chi connectivity index (χ4n) is 3.94. The van der Waals surface area contributed by atoms with Crippen molar-refractivity contribution in [3.8, 4) is 0 Å². The van der Waals surface area contributed by atoms with Crippen LogP contribution in [0, 0.1) is 0 Å². The molecule has 2 aromatic heterocycles. The topological polar surface area (TPSA) is 72.4 Å². The van der Waals surface area contributed by atoms with Gasteiger partial charge in [0.15, 0.2) is 0 Å². The molecule has 1 aliphatic carbocycles. The Labute approximate surface area is 196 Å². The van der Waals surface area contributed by atoms with Crippen molar-refractivity contribution in [3.63, 3.8) is 0 Å². The highest BCUT2D eigenvalue weighted by Crippen LogP contribution is 2.38. The van der Waals surface area contributed by atoms with Crippen LogP contribution >= 0.6 is 22.9 Å². The number of hydrogen-bond acceptors (Lipinski definition) is 4. The number of ether oxygens (including phenoxy) is 1. The van der Waals surface area contributed by atoms with Gasteiger partial charge in [-0.25, -0.2) is 9.59 Å². The predicted molar refractivity (Wildman–Crippen MR) is 128 cm³/mol. The van der Waals surface area contributed by atoms with Crippen molar-refractivity contribution in [2.24, 2.45) is 0 Å². The number of fused-ring (bicyclic) bond motifs is 1. The number of carbonyl (C=O) groups excluding carboxylic acids is 2. The van der Waals surface area contributed by atoms with Gasteiger partial charge in [-0.2, -0.15) is 0 Å². The van der Waals surface area contributed by atoms with E-state index in [1.165, 1.54) is 16.2 Å². The number of anilines is 1. The summed E-state index contributed by atoms with van der Waals surface area (Å²) in [6.07, 6.45) is 5.92. The number of halogens is 1. The van der Waals surface area contributed by atoms with Gasteiger partial charge >= 0.3 is 12.0 Å². The van der Waals surface area contributed by atoms with Gasteiger partial charge < -0.3 is 14.6 Å². The molecule has 3 aromatic rings. The molecule has 1 aromatic carbocycles. The number of nitrogens with one attached hydrogen (secondary N) is 2. The first-order valence-electron chi connectivity index (χ1n) is 10.8. The maximum absolute atomic E-state index is 12.7. The number of thiophene rings is 1. The fourth-order valence-corrected chi connectivity index (χ4v) is 5.34. The first-order valence-corrected chi connectivity index (χ1v) is 12.0. The molecule has 32 heavy (non-hydrogen) atoms. The molecule has 168 valence electrons. The standard InChI is InChI=1S/C24H26ClN3O3S/c1-2-31-23(29)21-19-7-3-4-8-20(19)32-22(21)27-24(30)26-14-18-6-5-13-28(18)15-16-9-11-17(25)12-10-16/h5-6,9-13H,2-4,7-8,14-15H2,1H3,(H2,26,27,30). The lowest BCUT2D eigenvalue weighted by atomic mass is 9.95. The molecule has 6 nitrogen and oxygen atoms in total. The van der Waals surface area contributed by atoms with Gasteiger partial charge in [0.25, 0.3) is 0 Å². The van der Waals surface area contributed by atoms with Crippen LogP contribution < -0.4 is 10.6 Å². The van der Waals surface area contributed by atoms with E-state index in [2.05, 4.69) is 15.2 Å². The summed E-state index contributed by atoms with van der Waals surface area (Å²) in [6, 6.07) is 11.3. The lowest BCUT2D eigenvalue weighted by Crippen LogP contribution is -2.29. The number of aryl methyl sites for hydroxylation is 1. The Morgan fingerprint density at radius 2 is 1.94 bits per heavy atom. The molecule has 0 unspecified atom stereocenters. The van der Waals surface area contributed by atoms with E-state index < -0.39 is 0 Å². The van der Waals surface area contributed by atoms with Crippen molar-refractivity contribution < 1.29 is 14.3 Å². The molecule has 0 fully saturated rings. The van der Waals surface area contributed by atoms with Crippen molar-refractivity contribution in [3.05, 3.63) is 74.9 Å². The molecule has 0 radical (unpaired) electrons. The molecule has 4 rings (SSSR count). The second-order valence-corrected chi connectivity index (χ2v) is 9.24. The Kier molecular flexibility index (Phi) is 7.17. The van der Waals surface area contributed by atoms with Gasteiger partial charge in [0.05, 0.1) is 18.7 Å². The van der Waals surface area contributed by atoms with Gasteiger partial charge in [-0.05, 0) is 68.0 Å². The Morgan fingerprint density at radius 3 is 2.72 bits per heavy atom. The van der Waals surface area contributed by atoms with Gasteiger partial charge in [-0.15, -0.1) is 11.3 Å². The molecule has 0 atom stereocenters. The van der Waals surface area contributed by atoms with E-state index >= 15 is 0 Å². The summed E-state index contributed by atoms with van der Waals surface area (Å²) in [5, 5.41) is 7.08. The van der Waals surface area contributed by atoms with E-state index in [9.17, 15) is 9.59 Å². The number of hydrogen-bond donors (Lipinski definition) is 2. The quantitative estimate of drug-likeness (QED) is 0.439. The molecule has 0 saturated heterocycles. The third-order valence-electron chi connectivity index (χ3n) is 5.50. The van der Waals surface area contributed by atoms with E-state index in [1.807, 2.05) is 42.6 Å². The molecule has 0 saturated carbocycles. The highest BCUT2D eigenvalue weighted by atomic mass is 35.5. The van der Waals surface area contributed by atoms with E-state index in [0.29, 0.717) is 35.3 Å². The average Bonchev–Trinajstić information content (AvgIpc) is 3.37. The van der Waals surface area contributed by atoms with Crippen LogP contribution in [0.3, 0.4) is 0 Å². The maximum atomic E-state index is 12.7. The normalized spacial score (nSPS) is 12.8. The molecule has 1 aliphatic rings. The maximum Gasteiger partial charge on any atom is 0.341 e. The molecular formula is C24H26ClN3O3S. The Balaban J connectivity index is 1.42. The molecule has 0 bridgehead atoms. The van der Waals surface area contributed by atoms with Gasteiger partial charge in [-0.3, -0.25) is 5.32 Å². The summed E-state index contributed by atoms with van der Waals surface area (Å²) in [4.78, 5) is 26.4. The lowest BCUT2D eigenvalue weighted by molar-refractivity contribution is 0.0526. The van der Waals surface area contributed by atoms with E-state index in [0.717, 1.165) is 42.5 Å². The average molecular weight is 472 g/mol. The summed E-state index contributed by atoms with van der Waals surface area (Å²) in [7, 11) is 0. The molecule has 2 amide bonds. The SMILES string of the molecule is CCOC(=O)c1c(NC(=O)NCc2cccn2Cc2ccc(Cl)cc2)sc2c1CCCC2. The molecule has 2 heterocycles. The third-order valence-corrected chi connectivity index (χ3v) is 6.96. The van der Waals surface area contributed by atoms with Crippen LogP contribution in [-0.2, 0) is 30.7 Å². The van der Waals surface area contributed by atoms with Crippen LogP contribution in [0.25, 0.3) is 0 Å². The minimum Gasteiger partial charge on any atom is -0.462 e. The number of aromatic nitrogens is 1. The molecule has 0 aliphatic heterocycles. The van der Waals surface area contributed by atoms with Crippen molar-refractivity contribution in [2.75, 3.05) is 11.9 Å². The zero-order chi connectivity index (χ0) is 22.5. The van der Waals surface area contributed by atoms with Crippen molar-refractivity contribution >= 4 is 39.9 Å². The van der Waals surface area contributed by atoms with E-state index in [-0.39, 0.29) is 12.0 Å². The summed E-state index contributed by atoms with van der Waals surface area (Å²) in [5.41, 5.74) is 3.66. The number of carbonyl (C=O) groups is 2. The largest absolute Gasteiger partial charge is 0.462 e. The molecular weight excluding hydrogens is 446 g/mol. The molecule has 8 heteroatoms. The lowest BCUT2D eigenvalue weighted by Gasteiger charge is -2.13. The second-order valence-electron chi connectivity index (χ2n) is 7.70. The summed E-state index contributed by atoms with van der Waals surface area (Å²) in [5.74, 6) is -0.362. The third kappa shape index (κ3) is 5.16. The number of urea groups is 1. The van der Waals surface area contributed by atoms with Gasteiger partial charge in [-0.1, -0.05) is 23.7 Å². The fraction of sp³-hybridized carbons (Fsp3) is 0.333. The van der Waals surface area contributed by atoms with Gasteiger partial charge in [0, 0.05) is 28.3 Å². The van der Waals surface area contributed by atoms with Crippen LogP contribution in [0.2, 0.25) is 5.02 Å². The Hall–Kier alpha value is -2.77. The number of benzene rings is 1. The van der Waals surface area contributed by atoms with Gasteiger partial charge in [0.2, 0.25) is 0 Å². The Bertz CT molecular complexity index is 1100. The molecule has 2 N–H and O–H groups in total. The van der Waals surface area contributed by atoms with E-state index in [1.54, 1.807) is 6.92 Å². The van der Waals surface area contributed by atoms with E-state index in [4.69, 9.17) is 16.3 Å². The molecule has 0 spiro atoms. The van der Waals surface area contributed by atoms with Crippen LogP contribution in [0.1, 0.15) is 51.8 Å². The summed E-state index contributed by atoms with van der Waals surface area (Å²) in [6.45, 7) is 3.15. The highest BCUT2D eigenvalue weighted by Gasteiger charge is 2.27. The van der Waals surface area contributed by atoms with Crippen LogP contribution in [0.15, 0.2) is 42.6 Å². The first-order chi connectivity index (χ1) is 15.5. The van der Waals surface area contributed by atoms with Crippen molar-refractivity contribution in [1.29, 1.82) is 0 Å².